The number of fused-ring (bicyclic) bond motifs is 1. The number of anilines is 1. The Hall–Kier alpha value is -4.27. The third kappa shape index (κ3) is 4.27. The fourth-order valence-corrected chi connectivity index (χ4v) is 3.41. The van der Waals surface area contributed by atoms with Gasteiger partial charge in [0, 0.05) is 23.6 Å². The fraction of sp³-hybridized carbons (Fsp3) is 0.174. The molecule has 4 aromatic rings. The number of rotatable bonds is 6. The van der Waals surface area contributed by atoms with Crippen LogP contribution in [0.4, 0.5) is 11.5 Å². The van der Waals surface area contributed by atoms with Crippen molar-refractivity contribution in [2.24, 2.45) is 0 Å². The van der Waals surface area contributed by atoms with Crippen molar-refractivity contribution >= 4 is 28.3 Å². The highest BCUT2D eigenvalue weighted by molar-refractivity contribution is 5.91. The highest BCUT2D eigenvalue weighted by atomic mass is 16.6. The third-order valence-corrected chi connectivity index (χ3v) is 4.97. The molecular formula is C23H21N5O4. The van der Waals surface area contributed by atoms with Crippen LogP contribution in [0.15, 0.2) is 54.6 Å². The number of aryl methyl sites for hydroxylation is 3. The minimum Gasteiger partial charge on any atom is -0.484 e. The van der Waals surface area contributed by atoms with E-state index in [-0.39, 0.29) is 12.3 Å². The Labute approximate surface area is 183 Å². The average molecular weight is 431 g/mol. The molecule has 1 amide bonds. The van der Waals surface area contributed by atoms with Crippen LogP contribution in [0.5, 0.6) is 5.75 Å². The van der Waals surface area contributed by atoms with Crippen LogP contribution < -0.4 is 10.1 Å². The van der Waals surface area contributed by atoms with E-state index in [0.29, 0.717) is 17.4 Å². The van der Waals surface area contributed by atoms with Gasteiger partial charge in [0.1, 0.15) is 11.6 Å². The molecule has 0 bridgehead atoms. The van der Waals surface area contributed by atoms with E-state index in [1.54, 1.807) is 10.7 Å². The maximum atomic E-state index is 12.5. The minimum atomic E-state index is -0.496. The second-order valence-corrected chi connectivity index (χ2v) is 7.44. The number of nitrogens with one attached hydrogen (secondary N) is 1. The van der Waals surface area contributed by atoms with Gasteiger partial charge in [-0.05, 0) is 50.1 Å². The molecule has 0 saturated heterocycles. The number of amides is 1. The van der Waals surface area contributed by atoms with Gasteiger partial charge in [-0.2, -0.15) is 9.78 Å². The SMILES string of the molecule is Cc1cc(NC(=O)COc2ccc([N+](=O)[O-])cc2)n(-c2cc(C)c3cccc(C)c3n2)n1. The Morgan fingerprint density at radius 3 is 2.56 bits per heavy atom. The van der Waals surface area contributed by atoms with E-state index < -0.39 is 10.8 Å². The van der Waals surface area contributed by atoms with E-state index >= 15 is 0 Å². The molecule has 2 heterocycles. The van der Waals surface area contributed by atoms with Gasteiger partial charge < -0.3 is 10.1 Å². The molecule has 0 radical (unpaired) electrons. The third-order valence-electron chi connectivity index (χ3n) is 4.97. The lowest BCUT2D eigenvalue weighted by Crippen LogP contribution is -2.22. The summed E-state index contributed by atoms with van der Waals surface area (Å²) in [6, 6.07) is 15.3. The van der Waals surface area contributed by atoms with E-state index in [4.69, 9.17) is 9.72 Å². The zero-order valence-corrected chi connectivity index (χ0v) is 17.8. The van der Waals surface area contributed by atoms with Crippen LogP contribution in [0.3, 0.4) is 0 Å². The molecule has 32 heavy (non-hydrogen) atoms. The van der Waals surface area contributed by atoms with Gasteiger partial charge in [0.2, 0.25) is 0 Å². The maximum absolute atomic E-state index is 12.5. The second-order valence-electron chi connectivity index (χ2n) is 7.44. The Morgan fingerprint density at radius 1 is 1.09 bits per heavy atom. The lowest BCUT2D eigenvalue weighted by atomic mass is 10.1. The molecule has 0 atom stereocenters. The number of hydrogen-bond donors (Lipinski definition) is 1. The van der Waals surface area contributed by atoms with Crippen molar-refractivity contribution in [3.63, 3.8) is 0 Å². The molecule has 162 valence electrons. The summed E-state index contributed by atoms with van der Waals surface area (Å²) >= 11 is 0. The van der Waals surface area contributed by atoms with Crippen LogP contribution in [-0.4, -0.2) is 32.2 Å². The van der Waals surface area contributed by atoms with E-state index in [2.05, 4.69) is 10.4 Å². The molecular weight excluding hydrogens is 410 g/mol. The number of hydrogen-bond acceptors (Lipinski definition) is 6. The van der Waals surface area contributed by atoms with E-state index in [9.17, 15) is 14.9 Å². The molecule has 0 fully saturated rings. The van der Waals surface area contributed by atoms with Crippen molar-refractivity contribution < 1.29 is 14.5 Å². The predicted molar refractivity (Wildman–Crippen MR) is 120 cm³/mol. The number of nitro groups is 1. The highest BCUT2D eigenvalue weighted by Gasteiger charge is 2.15. The molecule has 9 nitrogen and oxygen atoms in total. The summed E-state index contributed by atoms with van der Waals surface area (Å²) in [7, 11) is 0. The zero-order valence-electron chi connectivity index (χ0n) is 17.8. The van der Waals surface area contributed by atoms with Gasteiger partial charge >= 0.3 is 0 Å². The normalized spacial score (nSPS) is 10.8. The Balaban J connectivity index is 1.54. The molecule has 0 saturated carbocycles. The van der Waals surface area contributed by atoms with Crippen molar-refractivity contribution in [1.29, 1.82) is 0 Å². The molecule has 0 aliphatic rings. The first-order valence-electron chi connectivity index (χ1n) is 9.93. The van der Waals surface area contributed by atoms with Crippen LogP contribution in [-0.2, 0) is 4.79 Å². The predicted octanol–water partition coefficient (Wildman–Crippen LogP) is 4.27. The quantitative estimate of drug-likeness (QED) is 0.360. The van der Waals surface area contributed by atoms with Gasteiger partial charge in [-0.1, -0.05) is 18.2 Å². The van der Waals surface area contributed by atoms with E-state index in [0.717, 1.165) is 27.7 Å². The van der Waals surface area contributed by atoms with Crippen LogP contribution in [0, 0.1) is 30.9 Å². The maximum Gasteiger partial charge on any atom is 0.269 e. The average Bonchev–Trinajstić information content (AvgIpc) is 3.13. The van der Waals surface area contributed by atoms with Gasteiger partial charge in [0.05, 0.1) is 16.1 Å². The van der Waals surface area contributed by atoms with Crippen molar-refractivity contribution in [2.45, 2.75) is 20.8 Å². The Kier molecular flexibility index (Phi) is 5.55. The smallest absolute Gasteiger partial charge is 0.269 e. The number of nitro benzene ring substituents is 1. The summed E-state index contributed by atoms with van der Waals surface area (Å²) in [5.74, 6) is 1.04. The summed E-state index contributed by atoms with van der Waals surface area (Å²) in [4.78, 5) is 27.5. The van der Waals surface area contributed by atoms with Crippen molar-refractivity contribution in [3.8, 4) is 11.6 Å². The summed E-state index contributed by atoms with van der Waals surface area (Å²) < 4.78 is 7.03. The second kappa shape index (κ2) is 8.46. The highest BCUT2D eigenvalue weighted by Crippen LogP contribution is 2.24. The van der Waals surface area contributed by atoms with Crippen LogP contribution in [0.1, 0.15) is 16.8 Å². The standard InChI is InChI=1S/C23H21N5O4/c1-14-5-4-6-19-15(2)11-20(25-23(14)19)27-21(12-16(3)26-27)24-22(29)13-32-18-9-7-17(8-10-18)28(30)31/h4-12H,13H2,1-3H3,(H,24,29). The molecule has 0 unspecified atom stereocenters. The molecule has 0 aliphatic heterocycles. The summed E-state index contributed by atoms with van der Waals surface area (Å²) in [6.45, 7) is 5.59. The first-order valence-corrected chi connectivity index (χ1v) is 9.93. The van der Waals surface area contributed by atoms with Crippen LogP contribution >= 0.6 is 0 Å². The molecule has 2 aromatic carbocycles. The Morgan fingerprint density at radius 2 is 1.84 bits per heavy atom. The molecule has 9 heteroatoms. The number of pyridine rings is 1. The Bertz CT molecular complexity index is 1330. The van der Waals surface area contributed by atoms with Crippen LogP contribution in [0.2, 0.25) is 0 Å². The number of para-hydroxylation sites is 1. The number of aromatic nitrogens is 3. The number of carbonyl (C=O) groups is 1. The van der Waals surface area contributed by atoms with Gasteiger partial charge in [0.15, 0.2) is 12.4 Å². The summed E-state index contributed by atoms with van der Waals surface area (Å²) in [5, 5.41) is 19.1. The van der Waals surface area contributed by atoms with Gasteiger partial charge in [0.25, 0.3) is 11.6 Å². The number of non-ortho nitro benzene ring substituents is 1. The molecule has 4 rings (SSSR count). The first-order chi connectivity index (χ1) is 15.3. The summed E-state index contributed by atoms with van der Waals surface area (Å²) in [6.07, 6.45) is 0. The van der Waals surface area contributed by atoms with E-state index in [1.807, 2.05) is 45.0 Å². The number of ether oxygens (including phenoxy) is 1. The van der Waals surface area contributed by atoms with Crippen LogP contribution in [0.25, 0.3) is 16.7 Å². The monoisotopic (exact) mass is 431 g/mol. The van der Waals surface area contributed by atoms with Crippen molar-refractivity contribution in [2.75, 3.05) is 11.9 Å². The first kappa shape index (κ1) is 21.0. The minimum absolute atomic E-state index is 0.0467. The lowest BCUT2D eigenvalue weighted by Gasteiger charge is -2.12. The van der Waals surface area contributed by atoms with Gasteiger partial charge in [-0.25, -0.2) is 4.98 Å². The number of benzene rings is 2. The van der Waals surface area contributed by atoms with Crippen molar-refractivity contribution in [3.05, 3.63) is 81.5 Å². The number of carbonyl (C=O) groups excluding carboxylic acids is 1. The topological polar surface area (TPSA) is 112 Å². The summed E-state index contributed by atoms with van der Waals surface area (Å²) in [5.41, 5.74) is 3.67. The molecule has 1 N–H and O–H groups in total. The molecule has 0 spiro atoms. The zero-order chi connectivity index (χ0) is 22.8. The molecule has 0 aliphatic carbocycles. The van der Waals surface area contributed by atoms with Gasteiger partial charge in [-0.15, -0.1) is 0 Å². The number of nitrogens with zero attached hydrogens (tertiary/aromatic N) is 4. The van der Waals surface area contributed by atoms with E-state index in [1.165, 1.54) is 24.3 Å². The molecule has 2 aromatic heterocycles. The largest absolute Gasteiger partial charge is 0.484 e. The van der Waals surface area contributed by atoms with Crippen molar-refractivity contribution in [1.82, 2.24) is 14.8 Å². The van der Waals surface area contributed by atoms with Gasteiger partial charge in [-0.3, -0.25) is 14.9 Å². The fourth-order valence-electron chi connectivity index (χ4n) is 3.41. The lowest BCUT2D eigenvalue weighted by molar-refractivity contribution is -0.384.